The smallest absolute Gasteiger partial charge is 0.145 e. The fourth-order valence-corrected chi connectivity index (χ4v) is 5.09. The second kappa shape index (κ2) is 6.84. The van der Waals surface area contributed by atoms with Gasteiger partial charge in [-0.25, -0.2) is 9.97 Å². The van der Waals surface area contributed by atoms with Gasteiger partial charge >= 0.3 is 0 Å². The number of aromatic nitrogens is 2. The van der Waals surface area contributed by atoms with Crippen LogP contribution in [-0.2, 0) is 6.42 Å². The van der Waals surface area contributed by atoms with E-state index in [1.54, 1.807) is 0 Å². The summed E-state index contributed by atoms with van der Waals surface area (Å²) in [5.74, 6) is 4.49. The molecule has 106 valence electrons. The molecule has 2 heterocycles. The van der Waals surface area contributed by atoms with E-state index in [4.69, 9.17) is 9.97 Å². The zero-order valence-electron chi connectivity index (χ0n) is 12.2. The molecule has 1 aliphatic rings. The minimum Gasteiger partial charge on any atom is -0.370 e. The first-order valence-electron chi connectivity index (χ1n) is 7.01. The van der Waals surface area contributed by atoms with Crippen molar-refractivity contribution in [1.29, 1.82) is 0 Å². The van der Waals surface area contributed by atoms with E-state index in [0.717, 1.165) is 30.3 Å². The molecule has 2 atom stereocenters. The van der Waals surface area contributed by atoms with Crippen LogP contribution in [0.5, 0.6) is 0 Å². The van der Waals surface area contributed by atoms with Gasteiger partial charge < -0.3 is 5.32 Å². The number of anilines is 1. The second-order valence-corrected chi connectivity index (χ2v) is 7.48. The number of hydrogen-bond donors (Lipinski definition) is 1. The zero-order valence-corrected chi connectivity index (χ0v) is 13.8. The van der Waals surface area contributed by atoms with Gasteiger partial charge in [-0.15, -0.1) is 11.8 Å². The van der Waals surface area contributed by atoms with E-state index in [0.29, 0.717) is 10.5 Å². The fourth-order valence-electron chi connectivity index (χ4n) is 2.40. The van der Waals surface area contributed by atoms with Crippen molar-refractivity contribution in [3.05, 3.63) is 17.1 Å². The van der Waals surface area contributed by atoms with Crippen molar-refractivity contribution in [3.63, 3.8) is 0 Å². The van der Waals surface area contributed by atoms with Crippen molar-refractivity contribution in [2.45, 2.75) is 44.6 Å². The molecule has 1 fully saturated rings. The number of nitrogens with zero attached hydrogens (tertiary/aromatic N) is 2. The van der Waals surface area contributed by atoms with Gasteiger partial charge in [0.1, 0.15) is 11.6 Å². The molecule has 1 aromatic heterocycles. The van der Waals surface area contributed by atoms with Crippen LogP contribution < -0.4 is 5.32 Å². The summed E-state index contributed by atoms with van der Waals surface area (Å²) >= 11 is 4.03. The molecular formula is C14H23N3S2. The maximum atomic E-state index is 4.81. The Morgan fingerprint density at radius 1 is 1.21 bits per heavy atom. The quantitative estimate of drug-likeness (QED) is 0.917. The van der Waals surface area contributed by atoms with Crippen molar-refractivity contribution in [1.82, 2.24) is 9.97 Å². The number of aryl methyl sites for hydroxylation is 1. The Kier molecular flexibility index (Phi) is 5.39. The normalized spacial score (nSPS) is 23.4. The average Bonchev–Trinajstić information content (AvgIpc) is 2.39. The predicted octanol–water partition coefficient (Wildman–Crippen LogP) is 3.69. The summed E-state index contributed by atoms with van der Waals surface area (Å²) in [5, 5.41) is 4.42. The molecule has 1 aliphatic heterocycles. The van der Waals surface area contributed by atoms with E-state index in [1.807, 2.05) is 23.5 Å². The van der Waals surface area contributed by atoms with E-state index in [1.165, 1.54) is 17.1 Å². The first kappa shape index (κ1) is 15.0. The van der Waals surface area contributed by atoms with E-state index < -0.39 is 0 Å². The Morgan fingerprint density at radius 2 is 1.95 bits per heavy atom. The first-order chi connectivity index (χ1) is 9.17. The van der Waals surface area contributed by atoms with Gasteiger partial charge in [0, 0.05) is 34.6 Å². The third kappa shape index (κ3) is 3.37. The van der Waals surface area contributed by atoms with Crippen LogP contribution in [0.2, 0.25) is 0 Å². The third-order valence-electron chi connectivity index (χ3n) is 3.37. The first-order valence-corrected chi connectivity index (χ1v) is 9.11. The molecule has 1 aromatic rings. The summed E-state index contributed by atoms with van der Waals surface area (Å²) < 4.78 is 0. The molecule has 0 aliphatic carbocycles. The maximum absolute atomic E-state index is 4.81. The van der Waals surface area contributed by atoms with Crippen molar-refractivity contribution >= 4 is 29.3 Å². The highest BCUT2D eigenvalue weighted by atomic mass is 32.2. The van der Waals surface area contributed by atoms with Gasteiger partial charge in [-0.05, 0) is 20.3 Å². The van der Waals surface area contributed by atoms with Crippen LogP contribution in [0, 0.1) is 6.92 Å². The van der Waals surface area contributed by atoms with Gasteiger partial charge in [-0.2, -0.15) is 11.8 Å². The number of thioether (sulfide) groups is 2. The maximum Gasteiger partial charge on any atom is 0.145 e. The standard InChI is InChI=1S/C14H23N3S2/c1-5-11-9(3)16-14(17-13(11)15-6-2)12-10(4)18-7-8-19-12/h10,12H,5-8H2,1-4H3,(H,15,16,17). The average molecular weight is 297 g/mol. The van der Waals surface area contributed by atoms with Gasteiger partial charge in [0.05, 0.1) is 5.25 Å². The molecule has 5 heteroatoms. The Balaban J connectivity index is 2.35. The van der Waals surface area contributed by atoms with Crippen LogP contribution in [0.1, 0.15) is 43.1 Å². The lowest BCUT2D eigenvalue weighted by atomic mass is 10.1. The minimum atomic E-state index is 0.431. The highest BCUT2D eigenvalue weighted by Gasteiger charge is 2.27. The molecule has 19 heavy (non-hydrogen) atoms. The van der Waals surface area contributed by atoms with Gasteiger partial charge in [0.15, 0.2) is 0 Å². The summed E-state index contributed by atoms with van der Waals surface area (Å²) in [6.07, 6.45) is 0.983. The molecule has 0 aromatic carbocycles. The second-order valence-electron chi connectivity index (χ2n) is 4.75. The lowest BCUT2D eigenvalue weighted by Gasteiger charge is -2.27. The fraction of sp³-hybridized carbons (Fsp3) is 0.714. The summed E-state index contributed by atoms with van der Waals surface area (Å²) in [5.41, 5.74) is 2.39. The van der Waals surface area contributed by atoms with Crippen molar-refractivity contribution in [2.75, 3.05) is 23.4 Å². The van der Waals surface area contributed by atoms with E-state index in [9.17, 15) is 0 Å². The van der Waals surface area contributed by atoms with Gasteiger partial charge in [-0.3, -0.25) is 0 Å². The molecule has 0 amide bonds. The monoisotopic (exact) mass is 297 g/mol. The van der Waals surface area contributed by atoms with Crippen molar-refractivity contribution in [2.24, 2.45) is 0 Å². The third-order valence-corrected chi connectivity index (χ3v) is 6.46. The summed E-state index contributed by atoms with van der Waals surface area (Å²) in [6, 6.07) is 0. The predicted molar refractivity (Wildman–Crippen MR) is 87.4 cm³/mol. The Labute approximate surface area is 124 Å². The molecule has 0 bridgehead atoms. The number of hydrogen-bond acceptors (Lipinski definition) is 5. The molecular weight excluding hydrogens is 274 g/mol. The van der Waals surface area contributed by atoms with E-state index in [-0.39, 0.29) is 0 Å². The summed E-state index contributed by atoms with van der Waals surface area (Å²) in [6.45, 7) is 9.59. The molecule has 3 nitrogen and oxygen atoms in total. The van der Waals surface area contributed by atoms with Gasteiger partial charge in [0.2, 0.25) is 0 Å². The van der Waals surface area contributed by atoms with Crippen LogP contribution in [0.3, 0.4) is 0 Å². The van der Waals surface area contributed by atoms with Crippen LogP contribution in [0.4, 0.5) is 5.82 Å². The molecule has 2 unspecified atom stereocenters. The Morgan fingerprint density at radius 3 is 2.58 bits per heavy atom. The molecule has 1 saturated heterocycles. The molecule has 0 radical (unpaired) electrons. The lowest BCUT2D eigenvalue weighted by Crippen LogP contribution is -2.20. The largest absolute Gasteiger partial charge is 0.370 e. The number of nitrogens with one attached hydrogen (secondary N) is 1. The molecule has 1 N–H and O–H groups in total. The Bertz CT molecular complexity index is 437. The van der Waals surface area contributed by atoms with Crippen LogP contribution >= 0.6 is 23.5 Å². The number of rotatable bonds is 4. The van der Waals surface area contributed by atoms with Crippen LogP contribution in [0.15, 0.2) is 0 Å². The molecule has 0 spiro atoms. The Hall–Kier alpha value is -0.420. The summed E-state index contributed by atoms with van der Waals surface area (Å²) in [7, 11) is 0. The van der Waals surface area contributed by atoms with E-state index in [2.05, 4.69) is 33.0 Å². The topological polar surface area (TPSA) is 37.8 Å². The minimum absolute atomic E-state index is 0.431. The zero-order chi connectivity index (χ0) is 13.8. The van der Waals surface area contributed by atoms with Crippen LogP contribution in [-0.4, -0.2) is 33.3 Å². The SMILES string of the molecule is CCNc1nc(C2SCCSC2C)nc(C)c1CC. The lowest BCUT2D eigenvalue weighted by molar-refractivity contribution is 0.804. The molecule has 0 saturated carbocycles. The van der Waals surface area contributed by atoms with Crippen molar-refractivity contribution < 1.29 is 0 Å². The highest BCUT2D eigenvalue weighted by Crippen LogP contribution is 2.41. The van der Waals surface area contributed by atoms with Gasteiger partial charge in [0.25, 0.3) is 0 Å². The highest BCUT2D eigenvalue weighted by molar-refractivity contribution is 8.06. The van der Waals surface area contributed by atoms with E-state index >= 15 is 0 Å². The summed E-state index contributed by atoms with van der Waals surface area (Å²) in [4.78, 5) is 9.59. The molecule has 2 rings (SSSR count). The van der Waals surface area contributed by atoms with Crippen LogP contribution in [0.25, 0.3) is 0 Å². The van der Waals surface area contributed by atoms with Gasteiger partial charge in [-0.1, -0.05) is 13.8 Å². The van der Waals surface area contributed by atoms with Crippen molar-refractivity contribution in [3.8, 4) is 0 Å².